The first-order valence-electron chi connectivity index (χ1n) is 5.76. The summed E-state index contributed by atoms with van der Waals surface area (Å²) in [5.74, 6) is 0. The van der Waals surface area contributed by atoms with Crippen LogP contribution >= 0.6 is 0 Å². The number of nitriles is 1. The average Bonchev–Trinajstić information content (AvgIpc) is 2.97. The molecular weight excluding hydrogens is 273 g/mol. The smallest absolute Gasteiger partial charge is 0.381 e. The first-order chi connectivity index (χ1) is 9.49. The molecule has 7 heteroatoms. The summed E-state index contributed by atoms with van der Waals surface area (Å²) in [6.45, 7) is 2.00. The molecule has 0 bridgehead atoms. The first kappa shape index (κ1) is 15.9. The molecule has 1 fully saturated rings. The molecule has 0 aliphatic carbocycles. The molecule has 0 saturated carbocycles. The Morgan fingerprint density at radius 1 is 1.25 bits per heavy atom. The van der Waals surface area contributed by atoms with Crippen molar-refractivity contribution in [3.63, 3.8) is 0 Å². The van der Waals surface area contributed by atoms with E-state index < -0.39 is 17.3 Å². The number of ether oxygens (including phenoxy) is 1. The van der Waals surface area contributed by atoms with Crippen molar-refractivity contribution < 1.29 is 22.7 Å². The molecule has 0 atom stereocenters. The Hall–Kier alpha value is -2.16. The van der Waals surface area contributed by atoms with E-state index in [9.17, 15) is 18.0 Å². The Morgan fingerprint density at radius 3 is 2.30 bits per heavy atom. The quantitative estimate of drug-likeness (QED) is 0.587. The second kappa shape index (κ2) is 7.43. The van der Waals surface area contributed by atoms with Crippen molar-refractivity contribution >= 4 is 11.8 Å². The van der Waals surface area contributed by atoms with Crippen molar-refractivity contribution in [1.29, 1.82) is 5.26 Å². The van der Waals surface area contributed by atoms with Gasteiger partial charge in [0.15, 0.2) is 0 Å². The summed E-state index contributed by atoms with van der Waals surface area (Å²) >= 11 is 0. The number of hydrogen-bond donors (Lipinski definition) is 0. The van der Waals surface area contributed by atoms with Crippen LogP contribution in [0.2, 0.25) is 0 Å². The van der Waals surface area contributed by atoms with E-state index in [0.29, 0.717) is 6.07 Å². The standard InChI is InChI=1S/C9H3F3N2O.C4H8O/c10-9(11,12)8-3-7(14-5-15)2-1-6(8)4-13;1-2-4-5-3-1/h1-3H;1-4H2. The van der Waals surface area contributed by atoms with Crippen molar-refractivity contribution in [3.05, 3.63) is 29.3 Å². The van der Waals surface area contributed by atoms with Gasteiger partial charge in [-0.3, -0.25) is 0 Å². The molecule has 1 aromatic carbocycles. The highest BCUT2D eigenvalue weighted by Crippen LogP contribution is 2.33. The molecule has 0 spiro atoms. The number of rotatable bonds is 1. The third-order valence-electron chi connectivity index (χ3n) is 2.43. The van der Waals surface area contributed by atoms with Crippen molar-refractivity contribution in [2.24, 2.45) is 4.99 Å². The van der Waals surface area contributed by atoms with E-state index in [1.54, 1.807) is 0 Å². The predicted octanol–water partition coefficient (Wildman–Crippen LogP) is 3.34. The molecule has 1 aromatic rings. The lowest BCUT2D eigenvalue weighted by Gasteiger charge is -2.08. The number of aliphatic imine (C=N–C) groups is 1. The van der Waals surface area contributed by atoms with E-state index in [1.807, 2.05) is 0 Å². The second-order valence-corrected chi connectivity index (χ2v) is 3.86. The van der Waals surface area contributed by atoms with Crippen LogP contribution in [0.25, 0.3) is 0 Å². The zero-order chi connectivity index (χ0) is 15.0. The molecule has 1 heterocycles. The lowest BCUT2D eigenvalue weighted by molar-refractivity contribution is -0.137. The Bertz CT molecular complexity index is 532. The highest BCUT2D eigenvalue weighted by Gasteiger charge is 2.33. The molecule has 1 saturated heterocycles. The third kappa shape index (κ3) is 4.84. The molecule has 0 N–H and O–H groups in total. The van der Waals surface area contributed by atoms with Crippen LogP contribution in [-0.2, 0) is 15.7 Å². The van der Waals surface area contributed by atoms with Gasteiger partial charge in [-0.2, -0.15) is 23.4 Å². The second-order valence-electron chi connectivity index (χ2n) is 3.86. The monoisotopic (exact) mass is 284 g/mol. The number of carbonyl (C=O) groups excluding carboxylic acids is 1. The van der Waals surface area contributed by atoms with Gasteiger partial charge < -0.3 is 4.74 Å². The molecule has 0 radical (unpaired) electrons. The minimum absolute atomic E-state index is 0.184. The number of nitrogens with zero attached hydrogens (tertiary/aromatic N) is 2. The summed E-state index contributed by atoms with van der Waals surface area (Å²) in [6.07, 6.45) is -0.959. The van der Waals surface area contributed by atoms with Crippen LogP contribution in [0.1, 0.15) is 24.0 Å². The fraction of sp³-hybridized carbons (Fsp3) is 0.385. The van der Waals surface area contributed by atoms with Gasteiger partial charge in [-0.15, -0.1) is 0 Å². The average molecular weight is 284 g/mol. The lowest BCUT2D eigenvalue weighted by Crippen LogP contribution is -2.07. The lowest BCUT2D eigenvalue weighted by atomic mass is 10.1. The number of benzene rings is 1. The first-order valence-corrected chi connectivity index (χ1v) is 5.76. The summed E-state index contributed by atoms with van der Waals surface area (Å²) in [5.41, 5.74) is -1.80. The van der Waals surface area contributed by atoms with E-state index >= 15 is 0 Å². The molecule has 0 unspecified atom stereocenters. The van der Waals surface area contributed by atoms with Gasteiger partial charge >= 0.3 is 6.18 Å². The van der Waals surface area contributed by atoms with Crippen LogP contribution in [0.5, 0.6) is 0 Å². The SMILES string of the molecule is C1CCOC1.N#Cc1ccc(N=C=O)cc1C(F)(F)F. The Morgan fingerprint density at radius 2 is 1.90 bits per heavy atom. The third-order valence-corrected chi connectivity index (χ3v) is 2.43. The van der Waals surface area contributed by atoms with Gasteiger partial charge in [0.25, 0.3) is 0 Å². The van der Waals surface area contributed by atoms with Gasteiger partial charge in [0.2, 0.25) is 6.08 Å². The summed E-state index contributed by atoms with van der Waals surface area (Å²) in [5, 5.41) is 8.44. The number of isocyanates is 1. The van der Waals surface area contributed by atoms with Crippen molar-refractivity contribution in [2.45, 2.75) is 19.0 Å². The van der Waals surface area contributed by atoms with Crippen LogP contribution in [0, 0.1) is 11.3 Å². The molecule has 0 aromatic heterocycles. The number of hydrogen-bond acceptors (Lipinski definition) is 4. The molecule has 1 aliphatic heterocycles. The number of alkyl halides is 3. The van der Waals surface area contributed by atoms with Crippen molar-refractivity contribution in [1.82, 2.24) is 0 Å². The fourth-order valence-electron chi connectivity index (χ4n) is 1.50. The predicted molar refractivity (Wildman–Crippen MR) is 64.0 cm³/mol. The molecule has 20 heavy (non-hydrogen) atoms. The molecule has 4 nitrogen and oxygen atoms in total. The van der Waals surface area contributed by atoms with Gasteiger partial charge in [-0.1, -0.05) is 0 Å². The summed E-state index contributed by atoms with van der Waals surface area (Å²) in [4.78, 5) is 12.9. The zero-order valence-corrected chi connectivity index (χ0v) is 10.4. The molecule has 0 amide bonds. The van der Waals surface area contributed by atoms with E-state index in [4.69, 9.17) is 10.00 Å². The van der Waals surface area contributed by atoms with E-state index in [1.165, 1.54) is 18.9 Å². The Kier molecular flexibility index (Phi) is 5.91. The van der Waals surface area contributed by atoms with Gasteiger partial charge in [-0.25, -0.2) is 4.79 Å². The van der Waals surface area contributed by atoms with Gasteiger partial charge in [0.05, 0.1) is 22.9 Å². The van der Waals surface area contributed by atoms with Crippen LogP contribution < -0.4 is 0 Å². The summed E-state index contributed by atoms with van der Waals surface area (Å²) in [7, 11) is 0. The topological polar surface area (TPSA) is 62.4 Å². The van der Waals surface area contributed by atoms with Gasteiger partial charge in [-0.05, 0) is 31.0 Å². The van der Waals surface area contributed by atoms with Gasteiger partial charge in [0, 0.05) is 13.2 Å². The van der Waals surface area contributed by atoms with Crippen LogP contribution in [-0.4, -0.2) is 19.3 Å². The van der Waals surface area contributed by atoms with Crippen LogP contribution in [0.3, 0.4) is 0 Å². The molecule has 106 valence electrons. The Labute approximate surface area is 113 Å². The van der Waals surface area contributed by atoms with Crippen molar-refractivity contribution in [3.8, 4) is 6.07 Å². The minimum atomic E-state index is -4.64. The van der Waals surface area contributed by atoms with E-state index in [2.05, 4.69) is 4.99 Å². The summed E-state index contributed by atoms with van der Waals surface area (Å²) < 4.78 is 42.0. The zero-order valence-electron chi connectivity index (χ0n) is 10.4. The van der Waals surface area contributed by atoms with E-state index in [-0.39, 0.29) is 5.69 Å². The molecule has 1 aliphatic rings. The normalized spacial score (nSPS) is 13.7. The summed E-state index contributed by atoms with van der Waals surface area (Å²) in [6, 6.07) is 4.13. The van der Waals surface area contributed by atoms with Crippen LogP contribution in [0.15, 0.2) is 23.2 Å². The van der Waals surface area contributed by atoms with E-state index in [0.717, 1.165) is 31.4 Å². The highest BCUT2D eigenvalue weighted by atomic mass is 19.4. The van der Waals surface area contributed by atoms with Crippen molar-refractivity contribution in [2.75, 3.05) is 13.2 Å². The minimum Gasteiger partial charge on any atom is -0.381 e. The maximum absolute atomic E-state index is 12.4. The van der Waals surface area contributed by atoms with Gasteiger partial charge in [0.1, 0.15) is 0 Å². The maximum Gasteiger partial charge on any atom is 0.417 e. The highest BCUT2D eigenvalue weighted by molar-refractivity contribution is 5.54. The maximum atomic E-state index is 12.4. The number of halogens is 3. The van der Waals surface area contributed by atoms with Crippen LogP contribution in [0.4, 0.5) is 18.9 Å². The molecular formula is C13H11F3N2O2. The fourth-order valence-corrected chi connectivity index (χ4v) is 1.50. The Balaban J connectivity index is 0.000000333. The largest absolute Gasteiger partial charge is 0.417 e. The molecule has 2 rings (SSSR count).